The Morgan fingerprint density at radius 3 is 2.56 bits per heavy atom. The van der Waals surface area contributed by atoms with Gasteiger partial charge in [0.2, 0.25) is 0 Å². The largest absolute Gasteiger partial charge is 0.493 e. The molecule has 1 unspecified atom stereocenters. The zero-order valence-electron chi connectivity index (χ0n) is 17.4. The number of rotatable bonds is 5. The van der Waals surface area contributed by atoms with Crippen LogP contribution in [0.3, 0.4) is 0 Å². The van der Waals surface area contributed by atoms with Crippen LogP contribution in [0.5, 0.6) is 5.75 Å². The van der Waals surface area contributed by atoms with Crippen LogP contribution in [-0.4, -0.2) is 47.3 Å². The van der Waals surface area contributed by atoms with E-state index in [1.165, 1.54) is 36.3 Å². The number of hydrogen-bond acceptors (Lipinski definition) is 7. The van der Waals surface area contributed by atoms with Crippen LogP contribution in [0.1, 0.15) is 40.2 Å². The van der Waals surface area contributed by atoms with Crippen molar-refractivity contribution in [2.75, 3.05) is 20.3 Å². The van der Waals surface area contributed by atoms with E-state index in [0.717, 1.165) is 0 Å². The first-order chi connectivity index (χ1) is 15.4. The second-order valence-electron chi connectivity index (χ2n) is 7.16. The first-order valence-corrected chi connectivity index (χ1v) is 9.90. The van der Waals surface area contributed by atoms with E-state index in [4.69, 9.17) is 13.9 Å². The molecule has 4 rings (SSSR count). The maximum atomic E-state index is 12.7. The molecule has 2 heterocycles. The Kier molecular flexibility index (Phi) is 5.43. The second kappa shape index (κ2) is 8.22. The molecule has 1 aliphatic rings. The van der Waals surface area contributed by atoms with Gasteiger partial charge in [0.05, 0.1) is 24.2 Å². The average Bonchev–Trinajstić information content (AvgIpc) is 3.17. The highest BCUT2D eigenvalue weighted by molar-refractivity contribution is 6.06. The first kappa shape index (κ1) is 21.2. The lowest BCUT2D eigenvalue weighted by atomic mass is 9.91. The van der Waals surface area contributed by atoms with Crippen LogP contribution in [0, 0.1) is 10.1 Å². The quantitative estimate of drug-likeness (QED) is 0.462. The highest BCUT2D eigenvalue weighted by atomic mass is 16.6. The number of nitro benzene ring substituents is 1. The molecule has 0 radical (unpaired) electrons. The number of fused-ring (bicyclic) bond motifs is 3. The summed E-state index contributed by atoms with van der Waals surface area (Å²) in [5.41, 5.74) is 1.47. The van der Waals surface area contributed by atoms with Gasteiger partial charge >= 0.3 is 12.1 Å². The predicted molar refractivity (Wildman–Crippen MR) is 112 cm³/mol. The summed E-state index contributed by atoms with van der Waals surface area (Å²) < 4.78 is 16.7. The third-order valence-corrected chi connectivity index (χ3v) is 5.47. The van der Waals surface area contributed by atoms with Gasteiger partial charge in [-0.15, -0.1) is 0 Å². The number of carbonyl (C=O) groups is 2. The lowest BCUT2D eigenvalue weighted by Crippen LogP contribution is -2.40. The fourth-order valence-electron chi connectivity index (χ4n) is 4.08. The molecule has 1 amide bonds. The van der Waals surface area contributed by atoms with Crippen molar-refractivity contribution in [2.45, 2.75) is 19.4 Å². The Balaban J connectivity index is 1.95. The topological polar surface area (TPSA) is 132 Å². The summed E-state index contributed by atoms with van der Waals surface area (Å²) in [7, 11) is 1.45. The Morgan fingerprint density at radius 1 is 1.25 bits per heavy atom. The molecule has 0 aliphatic carbocycles. The number of aromatic carboxylic acids is 1. The number of nitro groups is 1. The number of nitrogens with zero attached hydrogens (tertiary/aromatic N) is 2. The molecule has 0 bridgehead atoms. The van der Waals surface area contributed by atoms with Gasteiger partial charge in [0.15, 0.2) is 11.3 Å². The van der Waals surface area contributed by atoms with E-state index in [0.29, 0.717) is 34.4 Å². The number of benzene rings is 2. The first-order valence-electron chi connectivity index (χ1n) is 9.90. The monoisotopic (exact) mass is 440 g/mol. The van der Waals surface area contributed by atoms with Gasteiger partial charge in [-0.3, -0.25) is 15.0 Å². The molecule has 0 saturated carbocycles. The van der Waals surface area contributed by atoms with E-state index in [9.17, 15) is 24.8 Å². The molecule has 0 spiro atoms. The molecule has 10 heteroatoms. The van der Waals surface area contributed by atoms with Crippen LogP contribution in [0.2, 0.25) is 0 Å². The fraction of sp³-hybridized carbons (Fsp3) is 0.273. The standard InChI is InChI=1S/C22H20N2O8/c1-3-31-22(27)23-11-10-14-17-15(21(25)26)8-9-16(30-2)20(17)32-19(14)18(23)12-4-6-13(7-5-12)24(28)29/h4-9,18H,3,10-11H2,1-2H3,(H,25,26). The molecule has 0 saturated heterocycles. The SMILES string of the molecule is CCOC(=O)N1CCc2c(oc3c(OC)ccc(C(=O)O)c23)C1c1ccc([N+](=O)[O-])cc1. The lowest BCUT2D eigenvalue weighted by molar-refractivity contribution is -0.384. The Morgan fingerprint density at radius 2 is 1.97 bits per heavy atom. The highest BCUT2D eigenvalue weighted by Gasteiger charge is 2.38. The number of carboxylic acid groups (broad SMARTS) is 1. The van der Waals surface area contributed by atoms with Crippen LogP contribution in [0.15, 0.2) is 40.8 Å². The summed E-state index contributed by atoms with van der Waals surface area (Å²) >= 11 is 0. The van der Waals surface area contributed by atoms with Crippen LogP contribution in [-0.2, 0) is 11.2 Å². The molecule has 0 fully saturated rings. The Hall–Kier alpha value is -4.08. The van der Waals surface area contributed by atoms with Crippen LogP contribution < -0.4 is 4.74 Å². The zero-order chi connectivity index (χ0) is 23.0. The Bertz CT molecular complexity index is 1210. The van der Waals surface area contributed by atoms with Crippen molar-refractivity contribution >= 4 is 28.7 Å². The maximum absolute atomic E-state index is 12.7. The summed E-state index contributed by atoms with van der Waals surface area (Å²) in [5.74, 6) is -0.370. The lowest BCUT2D eigenvalue weighted by Gasteiger charge is -2.34. The summed E-state index contributed by atoms with van der Waals surface area (Å²) in [6, 6.07) is 8.01. The second-order valence-corrected chi connectivity index (χ2v) is 7.16. The number of carboxylic acids is 1. The summed E-state index contributed by atoms with van der Waals surface area (Å²) in [5, 5.41) is 21.2. The number of hydrogen-bond donors (Lipinski definition) is 1. The fourth-order valence-corrected chi connectivity index (χ4v) is 4.08. The molecular formula is C22H20N2O8. The maximum Gasteiger partial charge on any atom is 0.410 e. The number of methoxy groups -OCH3 is 1. The van der Waals surface area contributed by atoms with Crippen LogP contribution in [0.4, 0.5) is 10.5 Å². The predicted octanol–water partition coefficient (Wildman–Crippen LogP) is 4.15. The summed E-state index contributed by atoms with van der Waals surface area (Å²) in [6.07, 6.45) is -0.217. The number of ether oxygens (including phenoxy) is 2. The Labute approximate surface area is 182 Å². The molecule has 2 aromatic carbocycles. The molecule has 1 atom stereocenters. The normalized spacial score (nSPS) is 15.3. The molecule has 1 aliphatic heterocycles. The number of amides is 1. The van der Waals surface area contributed by atoms with Gasteiger partial charge in [0.1, 0.15) is 11.8 Å². The van der Waals surface area contributed by atoms with E-state index in [-0.39, 0.29) is 30.0 Å². The smallest absolute Gasteiger partial charge is 0.410 e. The summed E-state index contributed by atoms with van der Waals surface area (Å²) in [4.78, 5) is 36.6. The minimum absolute atomic E-state index is 0.0674. The van der Waals surface area contributed by atoms with Crippen molar-refractivity contribution in [3.8, 4) is 5.75 Å². The molecule has 1 aromatic heterocycles. The van der Waals surface area contributed by atoms with Crippen molar-refractivity contribution in [3.63, 3.8) is 0 Å². The molecule has 32 heavy (non-hydrogen) atoms. The summed E-state index contributed by atoms with van der Waals surface area (Å²) in [6.45, 7) is 2.12. The van der Waals surface area contributed by atoms with E-state index in [2.05, 4.69) is 0 Å². The minimum Gasteiger partial charge on any atom is -0.493 e. The van der Waals surface area contributed by atoms with Gasteiger partial charge in [-0.05, 0) is 43.2 Å². The highest BCUT2D eigenvalue weighted by Crippen LogP contribution is 2.44. The van der Waals surface area contributed by atoms with E-state index >= 15 is 0 Å². The van der Waals surface area contributed by atoms with E-state index < -0.39 is 23.0 Å². The van der Waals surface area contributed by atoms with Crippen LogP contribution >= 0.6 is 0 Å². The zero-order valence-corrected chi connectivity index (χ0v) is 17.4. The van der Waals surface area contributed by atoms with Gasteiger partial charge < -0.3 is 19.0 Å². The molecule has 1 N–H and O–H groups in total. The molecule has 166 valence electrons. The van der Waals surface area contributed by atoms with Crippen molar-refractivity contribution in [2.24, 2.45) is 0 Å². The number of carbonyl (C=O) groups excluding carboxylic acids is 1. The van der Waals surface area contributed by atoms with E-state index in [1.54, 1.807) is 19.1 Å². The van der Waals surface area contributed by atoms with Crippen molar-refractivity contribution in [3.05, 3.63) is 69.0 Å². The van der Waals surface area contributed by atoms with Gasteiger partial charge in [-0.25, -0.2) is 9.59 Å². The number of non-ortho nitro benzene ring substituents is 1. The third-order valence-electron chi connectivity index (χ3n) is 5.47. The minimum atomic E-state index is -1.11. The average molecular weight is 440 g/mol. The molecule has 3 aromatic rings. The molecule has 10 nitrogen and oxygen atoms in total. The van der Waals surface area contributed by atoms with Gasteiger partial charge in [0.25, 0.3) is 5.69 Å². The van der Waals surface area contributed by atoms with Gasteiger partial charge in [-0.1, -0.05) is 0 Å². The van der Waals surface area contributed by atoms with Crippen molar-refractivity contribution < 1.29 is 33.5 Å². The van der Waals surface area contributed by atoms with E-state index in [1.807, 2.05) is 0 Å². The van der Waals surface area contributed by atoms with Crippen molar-refractivity contribution in [1.82, 2.24) is 4.90 Å². The molecular weight excluding hydrogens is 420 g/mol. The number of furan rings is 1. The van der Waals surface area contributed by atoms with Crippen molar-refractivity contribution in [1.29, 1.82) is 0 Å². The van der Waals surface area contributed by atoms with Gasteiger partial charge in [0, 0.05) is 29.6 Å². The third kappa shape index (κ3) is 3.39. The van der Waals surface area contributed by atoms with Crippen LogP contribution in [0.25, 0.3) is 11.0 Å². The van der Waals surface area contributed by atoms with Gasteiger partial charge in [-0.2, -0.15) is 0 Å².